The van der Waals surface area contributed by atoms with Crippen LogP contribution in [0.15, 0.2) is 106 Å². The molecular formula is C30H17NO2. The Hall–Kier alpha value is -4.50. The zero-order valence-electron chi connectivity index (χ0n) is 17.6. The van der Waals surface area contributed by atoms with Gasteiger partial charge >= 0.3 is 0 Å². The highest BCUT2D eigenvalue weighted by atomic mass is 16.4. The molecule has 8 rings (SSSR count). The molecule has 3 heterocycles. The van der Waals surface area contributed by atoms with Crippen molar-refractivity contribution in [2.75, 3.05) is 0 Å². The van der Waals surface area contributed by atoms with E-state index in [1.54, 1.807) is 0 Å². The quantitative estimate of drug-likeness (QED) is 0.287. The van der Waals surface area contributed by atoms with Crippen molar-refractivity contribution < 1.29 is 8.83 Å². The number of rotatable bonds is 1. The molecule has 0 aliphatic rings. The average molecular weight is 423 g/mol. The first-order valence-corrected chi connectivity index (χ1v) is 11.1. The second kappa shape index (κ2) is 6.05. The number of furan rings is 2. The Bertz CT molecular complexity index is 2030. The first-order chi connectivity index (χ1) is 16.3. The number of fused-ring (bicyclic) bond motifs is 10. The Labute approximate surface area is 187 Å². The van der Waals surface area contributed by atoms with Crippen LogP contribution in [0, 0.1) is 0 Å². The summed E-state index contributed by atoms with van der Waals surface area (Å²) in [6.07, 6.45) is 0. The highest BCUT2D eigenvalue weighted by Gasteiger charge is 2.18. The van der Waals surface area contributed by atoms with E-state index in [4.69, 9.17) is 8.83 Å². The van der Waals surface area contributed by atoms with Crippen molar-refractivity contribution in [2.24, 2.45) is 0 Å². The van der Waals surface area contributed by atoms with Gasteiger partial charge in [-0.25, -0.2) is 0 Å². The molecule has 0 aliphatic heterocycles. The van der Waals surface area contributed by atoms with E-state index >= 15 is 0 Å². The minimum atomic E-state index is 0.805. The molecule has 0 saturated carbocycles. The Kier molecular flexibility index (Phi) is 3.14. The van der Waals surface area contributed by atoms with Gasteiger partial charge < -0.3 is 13.8 Å². The minimum Gasteiger partial charge on any atom is -0.452 e. The third kappa shape index (κ3) is 2.23. The van der Waals surface area contributed by atoms with Crippen LogP contribution in [0.5, 0.6) is 0 Å². The number of benzene rings is 5. The Balaban J connectivity index is 1.44. The van der Waals surface area contributed by atoms with Crippen LogP contribution in [-0.2, 0) is 0 Å². The van der Waals surface area contributed by atoms with Gasteiger partial charge in [-0.2, -0.15) is 0 Å². The lowest BCUT2D eigenvalue weighted by Gasteiger charge is -2.03. The third-order valence-corrected chi connectivity index (χ3v) is 6.83. The molecular weight excluding hydrogens is 406 g/mol. The lowest BCUT2D eigenvalue weighted by Crippen LogP contribution is -1.79. The number of aromatic amines is 1. The predicted molar refractivity (Wildman–Crippen MR) is 136 cm³/mol. The highest BCUT2D eigenvalue weighted by molar-refractivity contribution is 6.20. The van der Waals surface area contributed by atoms with Gasteiger partial charge in [-0.3, -0.25) is 0 Å². The van der Waals surface area contributed by atoms with Crippen molar-refractivity contribution in [1.82, 2.24) is 4.98 Å². The fraction of sp³-hybridized carbons (Fsp3) is 0. The lowest BCUT2D eigenvalue weighted by atomic mass is 10.00. The monoisotopic (exact) mass is 423 g/mol. The Morgan fingerprint density at radius 3 is 2.09 bits per heavy atom. The summed E-state index contributed by atoms with van der Waals surface area (Å²) in [5.74, 6) is 0. The van der Waals surface area contributed by atoms with Crippen LogP contribution in [0.4, 0.5) is 0 Å². The fourth-order valence-corrected chi connectivity index (χ4v) is 5.28. The summed E-state index contributed by atoms with van der Waals surface area (Å²) in [5.41, 5.74) is 7.89. The van der Waals surface area contributed by atoms with Gasteiger partial charge in [-0.15, -0.1) is 0 Å². The van der Waals surface area contributed by atoms with Gasteiger partial charge in [0, 0.05) is 48.9 Å². The summed E-state index contributed by atoms with van der Waals surface area (Å²) in [4.78, 5) is 3.51. The van der Waals surface area contributed by atoms with Gasteiger partial charge in [0.1, 0.15) is 11.2 Å². The molecule has 154 valence electrons. The molecule has 33 heavy (non-hydrogen) atoms. The summed E-state index contributed by atoms with van der Waals surface area (Å²) in [6.45, 7) is 0. The van der Waals surface area contributed by atoms with E-state index in [0.29, 0.717) is 0 Å². The van der Waals surface area contributed by atoms with Gasteiger partial charge in [0.15, 0.2) is 11.2 Å². The molecule has 1 N–H and O–H groups in total. The lowest BCUT2D eigenvalue weighted by molar-refractivity contribution is 0.634. The van der Waals surface area contributed by atoms with E-state index in [0.717, 1.165) is 66.0 Å². The summed E-state index contributed by atoms with van der Waals surface area (Å²) in [7, 11) is 0. The standard InChI is InChI=1S/C30H17NO2/c1-3-10-25-19(6-1)24-16-17(12-15-26(24)31-25)18-8-5-9-21-23-14-13-22-20-7-2-4-11-27(20)32-29(22)30(23)33-28(18)21/h1-16,31H. The topological polar surface area (TPSA) is 42.1 Å². The first-order valence-electron chi connectivity index (χ1n) is 11.1. The molecule has 5 aromatic carbocycles. The largest absolute Gasteiger partial charge is 0.452 e. The van der Waals surface area contributed by atoms with Crippen LogP contribution < -0.4 is 0 Å². The van der Waals surface area contributed by atoms with Crippen LogP contribution >= 0.6 is 0 Å². The molecule has 0 bridgehead atoms. The maximum Gasteiger partial charge on any atom is 0.178 e. The van der Waals surface area contributed by atoms with Crippen molar-refractivity contribution in [3.8, 4) is 11.1 Å². The first kappa shape index (κ1) is 17.1. The van der Waals surface area contributed by atoms with E-state index in [1.807, 2.05) is 18.2 Å². The molecule has 3 aromatic heterocycles. The van der Waals surface area contributed by atoms with Gasteiger partial charge in [0.2, 0.25) is 0 Å². The predicted octanol–water partition coefficient (Wildman–Crippen LogP) is 8.79. The molecule has 0 radical (unpaired) electrons. The summed E-state index contributed by atoms with van der Waals surface area (Å²) in [6, 6.07) is 33.8. The zero-order chi connectivity index (χ0) is 21.5. The van der Waals surface area contributed by atoms with E-state index in [1.165, 1.54) is 10.8 Å². The Morgan fingerprint density at radius 1 is 0.455 bits per heavy atom. The number of H-pyrrole nitrogens is 1. The van der Waals surface area contributed by atoms with Gasteiger partial charge in [0.05, 0.1) is 0 Å². The molecule has 0 amide bonds. The number of hydrogen-bond donors (Lipinski definition) is 1. The molecule has 8 aromatic rings. The number of nitrogens with one attached hydrogen (secondary N) is 1. The van der Waals surface area contributed by atoms with Crippen molar-refractivity contribution >= 4 is 65.7 Å². The number of para-hydroxylation sites is 3. The van der Waals surface area contributed by atoms with Crippen LogP contribution in [0.3, 0.4) is 0 Å². The SMILES string of the molecule is c1ccc2c(c1)[nH]c1ccc(-c3cccc4c3oc3c4ccc4c5ccccc5oc43)cc12. The maximum atomic E-state index is 6.56. The third-order valence-electron chi connectivity index (χ3n) is 6.83. The molecule has 0 spiro atoms. The summed E-state index contributed by atoms with van der Waals surface area (Å²) < 4.78 is 12.8. The molecule has 0 fully saturated rings. The summed E-state index contributed by atoms with van der Waals surface area (Å²) in [5, 5.41) is 6.82. The average Bonchev–Trinajstić information content (AvgIpc) is 3.54. The Morgan fingerprint density at radius 2 is 1.15 bits per heavy atom. The second-order valence-corrected chi connectivity index (χ2v) is 8.63. The van der Waals surface area contributed by atoms with Crippen LogP contribution in [0.25, 0.3) is 76.8 Å². The molecule has 0 aliphatic carbocycles. The van der Waals surface area contributed by atoms with E-state index < -0.39 is 0 Å². The normalized spacial score (nSPS) is 12.2. The summed E-state index contributed by atoms with van der Waals surface area (Å²) >= 11 is 0. The van der Waals surface area contributed by atoms with Crippen LogP contribution in [-0.4, -0.2) is 4.98 Å². The molecule has 3 heteroatoms. The zero-order valence-corrected chi connectivity index (χ0v) is 17.6. The maximum absolute atomic E-state index is 6.56. The van der Waals surface area contributed by atoms with Gasteiger partial charge in [0.25, 0.3) is 0 Å². The van der Waals surface area contributed by atoms with Gasteiger partial charge in [-0.05, 0) is 42.0 Å². The van der Waals surface area contributed by atoms with Crippen LogP contribution in [0.2, 0.25) is 0 Å². The smallest absolute Gasteiger partial charge is 0.178 e. The second-order valence-electron chi connectivity index (χ2n) is 8.63. The molecule has 0 saturated heterocycles. The van der Waals surface area contributed by atoms with Gasteiger partial charge in [-0.1, -0.05) is 60.7 Å². The number of hydrogen-bond acceptors (Lipinski definition) is 2. The van der Waals surface area contributed by atoms with E-state index in [2.05, 4.69) is 83.8 Å². The molecule has 0 unspecified atom stereocenters. The highest BCUT2D eigenvalue weighted by Crippen LogP contribution is 2.41. The molecule has 0 atom stereocenters. The van der Waals surface area contributed by atoms with Crippen LogP contribution in [0.1, 0.15) is 0 Å². The van der Waals surface area contributed by atoms with Crippen molar-refractivity contribution in [2.45, 2.75) is 0 Å². The van der Waals surface area contributed by atoms with Crippen molar-refractivity contribution in [1.29, 1.82) is 0 Å². The molecule has 3 nitrogen and oxygen atoms in total. The van der Waals surface area contributed by atoms with E-state index in [-0.39, 0.29) is 0 Å². The fourth-order valence-electron chi connectivity index (χ4n) is 5.28. The van der Waals surface area contributed by atoms with Crippen molar-refractivity contribution in [3.63, 3.8) is 0 Å². The van der Waals surface area contributed by atoms with Crippen molar-refractivity contribution in [3.05, 3.63) is 97.1 Å². The minimum absolute atomic E-state index is 0.805. The van der Waals surface area contributed by atoms with E-state index in [9.17, 15) is 0 Å². The number of aromatic nitrogens is 1.